The van der Waals surface area contributed by atoms with Crippen LogP contribution in [0, 0.1) is 10.1 Å². The Kier molecular flexibility index (Phi) is 7.34. The van der Waals surface area contributed by atoms with Crippen LogP contribution in [0.3, 0.4) is 0 Å². The molecule has 1 rings (SSSR count). The molecule has 0 saturated carbocycles. The maximum absolute atomic E-state index is 11.9. The summed E-state index contributed by atoms with van der Waals surface area (Å²) < 4.78 is 0. The van der Waals surface area contributed by atoms with E-state index in [4.69, 9.17) is 5.11 Å². The van der Waals surface area contributed by atoms with Gasteiger partial charge in [-0.05, 0) is 25.1 Å². The van der Waals surface area contributed by atoms with Gasteiger partial charge in [-0.2, -0.15) is 0 Å². The van der Waals surface area contributed by atoms with E-state index >= 15 is 0 Å². The SMILES string of the molecule is CCCCN(CCO)CC(=O)Nc1ccc([N+](=O)[O-])cc1. The van der Waals surface area contributed by atoms with Gasteiger partial charge < -0.3 is 10.4 Å². The van der Waals surface area contributed by atoms with Crippen LogP contribution in [-0.4, -0.2) is 47.1 Å². The number of rotatable bonds is 9. The van der Waals surface area contributed by atoms with Crippen molar-refractivity contribution in [2.75, 3.05) is 31.6 Å². The van der Waals surface area contributed by atoms with E-state index < -0.39 is 4.92 Å². The third-order valence-corrected chi connectivity index (χ3v) is 2.97. The number of carbonyl (C=O) groups is 1. The Labute approximate surface area is 123 Å². The zero-order valence-electron chi connectivity index (χ0n) is 12.1. The van der Waals surface area contributed by atoms with Gasteiger partial charge in [-0.25, -0.2) is 0 Å². The summed E-state index contributed by atoms with van der Waals surface area (Å²) in [5.41, 5.74) is 0.503. The maximum Gasteiger partial charge on any atom is 0.269 e. The van der Waals surface area contributed by atoms with Crippen LogP contribution in [0.1, 0.15) is 19.8 Å². The molecule has 1 aromatic rings. The van der Waals surface area contributed by atoms with Gasteiger partial charge in [0.1, 0.15) is 0 Å². The first kappa shape index (κ1) is 17.1. The van der Waals surface area contributed by atoms with Crippen LogP contribution in [0.25, 0.3) is 0 Å². The molecule has 0 aliphatic heterocycles. The second-order valence-corrected chi connectivity index (χ2v) is 4.71. The molecular formula is C14H21N3O4. The van der Waals surface area contributed by atoms with E-state index in [9.17, 15) is 14.9 Å². The topological polar surface area (TPSA) is 95.7 Å². The number of nitro benzene ring substituents is 1. The predicted molar refractivity (Wildman–Crippen MR) is 80.2 cm³/mol. The summed E-state index contributed by atoms with van der Waals surface area (Å²) in [5.74, 6) is -0.201. The number of nitrogens with one attached hydrogen (secondary N) is 1. The van der Waals surface area contributed by atoms with E-state index in [1.165, 1.54) is 24.3 Å². The number of unbranched alkanes of at least 4 members (excludes halogenated alkanes) is 1. The lowest BCUT2D eigenvalue weighted by atomic mass is 10.2. The second-order valence-electron chi connectivity index (χ2n) is 4.71. The first-order valence-corrected chi connectivity index (χ1v) is 6.94. The van der Waals surface area contributed by atoms with Gasteiger partial charge in [0.05, 0.1) is 18.1 Å². The monoisotopic (exact) mass is 295 g/mol. The Hall–Kier alpha value is -1.99. The Balaban J connectivity index is 2.52. The smallest absolute Gasteiger partial charge is 0.269 e. The summed E-state index contributed by atoms with van der Waals surface area (Å²) in [6.45, 7) is 3.47. The van der Waals surface area contributed by atoms with E-state index in [-0.39, 0.29) is 24.7 Å². The molecule has 0 saturated heterocycles. The van der Waals surface area contributed by atoms with E-state index in [1.807, 2.05) is 4.90 Å². The molecule has 0 aliphatic rings. The average molecular weight is 295 g/mol. The number of hydrogen-bond donors (Lipinski definition) is 2. The number of carbonyl (C=O) groups excluding carboxylic acids is 1. The number of aliphatic hydroxyl groups excluding tert-OH is 1. The summed E-state index contributed by atoms with van der Waals surface area (Å²) in [4.78, 5) is 23.8. The van der Waals surface area contributed by atoms with Crippen molar-refractivity contribution in [1.29, 1.82) is 0 Å². The highest BCUT2D eigenvalue weighted by molar-refractivity contribution is 5.92. The van der Waals surface area contributed by atoms with Crippen LogP contribution in [0.5, 0.6) is 0 Å². The summed E-state index contributed by atoms with van der Waals surface area (Å²) in [6.07, 6.45) is 1.98. The van der Waals surface area contributed by atoms with Gasteiger partial charge in [-0.1, -0.05) is 13.3 Å². The Morgan fingerprint density at radius 1 is 1.33 bits per heavy atom. The van der Waals surface area contributed by atoms with Gasteiger partial charge in [0.15, 0.2) is 0 Å². The number of amides is 1. The van der Waals surface area contributed by atoms with Crippen LogP contribution in [0.2, 0.25) is 0 Å². The van der Waals surface area contributed by atoms with Gasteiger partial charge in [0.2, 0.25) is 5.91 Å². The molecule has 0 bridgehead atoms. The van der Waals surface area contributed by atoms with E-state index in [0.717, 1.165) is 19.4 Å². The lowest BCUT2D eigenvalue weighted by Crippen LogP contribution is -2.35. The molecule has 0 spiro atoms. The number of benzene rings is 1. The minimum absolute atomic E-state index is 0.00846. The summed E-state index contributed by atoms with van der Waals surface area (Å²) in [5, 5.41) is 22.2. The quantitative estimate of drug-likeness (QED) is 0.533. The standard InChI is InChI=1S/C14H21N3O4/c1-2-3-8-16(9-10-18)11-14(19)15-12-4-6-13(7-5-12)17(20)21/h4-7,18H,2-3,8-11H2,1H3,(H,15,19). The minimum Gasteiger partial charge on any atom is -0.395 e. The minimum atomic E-state index is -0.487. The van der Waals surface area contributed by atoms with Gasteiger partial charge >= 0.3 is 0 Å². The van der Waals surface area contributed by atoms with Crippen molar-refractivity contribution in [2.24, 2.45) is 0 Å². The molecule has 0 aromatic heterocycles. The molecular weight excluding hydrogens is 274 g/mol. The molecule has 1 amide bonds. The van der Waals surface area contributed by atoms with Crippen molar-refractivity contribution >= 4 is 17.3 Å². The van der Waals surface area contributed by atoms with Crippen molar-refractivity contribution in [2.45, 2.75) is 19.8 Å². The lowest BCUT2D eigenvalue weighted by Gasteiger charge is -2.20. The normalized spacial score (nSPS) is 10.6. The molecule has 116 valence electrons. The molecule has 21 heavy (non-hydrogen) atoms. The Bertz CT molecular complexity index is 462. The third kappa shape index (κ3) is 6.33. The second kappa shape index (κ2) is 9.04. The summed E-state index contributed by atoms with van der Waals surface area (Å²) in [6, 6.07) is 5.69. The summed E-state index contributed by atoms with van der Waals surface area (Å²) in [7, 11) is 0. The van der Waals surface area contributed by atoms with E-state index in [1.54, 1.807) is 0 Å². The fourth-order valence-corrected chi connectivity index (χ4v) is 1.86. The highest BCUT2D eigenvalue weighted by atomic mass is 16.6. The van der Waals surface area contributed by atoms with Gasteiger partial charge in [0.25, 0.3) is 5.69 Å². The highest BCUT2D eigenvalue weighted by Gasteiger charge is 2.11. The van der Waals surface area contributed by atoms with Crippen LogP contribution in [-0.2, 0) is 4.79 Å². The van der Waals surface area contributed by atoms with Crippen molar-refractivity contribution in [3.05, 3.63) is 34.4 Å². The van der Waals surface area contributed by atoms with Gasteiger partial charge in [-0.3, -0.25) is 19.8 Å². The number of non-ortho nitro benzene ring substituents is 1. The average Bonchev–Trinajstić information content (AvgIpc) is 2.45. The van der Waals surface area contributed by atoms with E-state index in [0.29, 0.717) is 12.2 Å². The van der Waals surface area contributed by atoms with Crippen LogP contribution in [0.4, 0.5) is 11.4 Å². The largest absolute Gasteiger partial charge is 0.395 e. The Morgan fingerprint density at radius 2 is 2.00 bits per heavy atom. The van der Waals surface area contributed by atoms with Crippen molar-refractivity contribution in [3.63, 3.8) is 0 Å². The van der Waals surface area contributed by atoms with Gasteiger partial charge in [-0.15, -0.1) is 0 Å². The zero-order valence-corrected chi connectivity index (χ0v) is 12.1. The Morgan fingerprint density at radius 3 is 2.52 bits per heavy atom. The number of nitrogens with zero attached hydrogens (tertiary/aromatic N) is 2. The fourth-order valence-electron chi connectivity index (χ4n) is 1.86. The molecule has 0 atom stereocenters. The van der Waals surface area contributed by atoms with Crippen LogP contribution < -0.4 is 5.32 Å². The molecule has 0 unspecified atom stereocenters. The van der Waals surface area contributed by atoms with Crippen molar-refractivity contribution in [1.82, 2.24) is 4.90 Å². The molecule has 1 aromatic carbocycles. The molecule has 0 heterocycles. The summed E-state index contributed by atoms with van der Waals surface area (Å²) >= 11 is 0. The van der Waals surface area contributed by atoms with E-state index in [2.05, 4.69) is 12.2 Å². The van der Waals surface area contributed by atoms with Crippen LogP contribution >= 0.6 is 0 Å². The molecule has 0 aliphatic carbocycles. The van der Waals surface area contributed by atoms with Crippen molar-refractivity contribution in [3.8, 4) is 0 Å². The van der Waals surface area contributed by atoms with Gasteiger partial charge in [0, 0.05) is 24.4 Å². The first-order valence-electron chi connectivity index (χ1n) is 6.94. The number of anilines is 1. The third-order valence-electron chi connectivity index (χ3n) is 2.97. The first-order chi connectivity index (χ1) is 10.1. The predicted octanol–water partition coefficient (Wildman–Crippen LogP) is 1.63. The molecule has 0 fully saturated rings. The van der Waals surface area contributed by atoms with Crippen molar-refractivity contribution < 1.29 is 14.8 Å². The molecule has 7 heteroatoms. The fraction of sp³-hybridized carbons (Fsp3) is 0.500. The maximum atomic E-state index is 11.9. The number of nitro groups is 1. The molecule has 7 nitrogen and oxygen atoms in total. The molecule has 2 N–H and O–H groups in total. The van der Waals surface area contributed by atoms with Crippen LogP contribution in [0.15, 0.2) is 24.3 Å². The number of aliphatic hydroxyl groups is 1. The lowest BCUT2D eigenvalue weighted by molar-refractivity contribution is -0.384. The number of hydrogen-bond acceptors (Lipinski definition) is 5. The molecule has 0 radical (unpaired) electrons. The zero-order chi connectivity index (χ0) is 15.7. The highest BCUT2D eigenvalue weighted by Crippen LogP contribution is 2.15.